The molecule has 0 aliphatic rings. The summed E-state index contributed by atoms with van der Waals surface area (Å²) in [5.74, 6) is -7.84. The molecule has 0 fully saturated rings. The van der Waals surface area contributed by atoms with E-state index in [0.717, 1.165) is 0 Å². The molecular weight excluding hydrogens is 281 g/mol. The smallest absolute Gasteiger partial charge is 0.244 e. The Morgan fingerprint density at radius 1 is 0.882 bits per heavy atom. The summed E-state index contributed by atoms with van der Waals surface area (Å²) in [4.78, 5) is 0. The summed E-state index contributed by atoms with van der Waals surface area (Å²) >= 11 is 0. The highest BCUT2D eigenvalue weighted by Gasteiger charge is 2.57. The molecule has 0 bridgehead atoms. The number of hydrogen-bond acceptors (Lipinski definition) is 0. The molecule has 0 aromatic rings. The van der Waals surface area contributed by atoms with E-state index in [-0.39, 0.29) is 0 Å². The van der Waals surface area contributed by atoms with E-state index in [0.29, 0.717) is 0 Å². The fourth-order valence-corrected chi connectivity index (χ4v) is 0.158. The summed E-state index contributed by atoms with van der Waals surface area (Å²) < 4.78 is 120. The molecule has 0 unspecified atom stereocenters. The van der Waals surface area contributed by atoms with Crippen LogP contribution in [0.3, 0.4) is 0 Å². The number of rotatable bonds is 2. The Morgan fingerprint density at radius 3 is 1.24 bits per heavy atom. The Kier molecular flexibility index (Phi) is 7.17. The van der Waals surface area contributed by atoms with Crippen LogP contribution < -0.4 is 0 Å². The first kappa shape index (κ1) is 18.3. The highest BCUT2D eigenvalue weighted by Crippen LogP contribution is 2.35. The average molecular weight is 284 g/mol. The van der Waals surface area contributed by atoms with Crippen LogP contribution in [-0.4, -0.2) is 25.2 Å². The summed E-state index contributed by atoms with van der Waals surface area (Å²) in [5, 5.41) is 0. The second-order valence-corrected chi connectivity index (χ2v) is 2.24. The summed E-state index contributed by atoms with van der Waals surface area (Å²) in [5.41, 5.74) is 0. The predicted octanol–water partition coefficient (Wildman–Crippen LogP) is 4.48. The van der Waals surface area contributed by atoms with Crippen molar-refractivity contribution in [3.05, 3.63) is 11.9 Å². The lowest BCUT2D eigenvalue weighted by atomic mass is 10.4. The van der Waals surface area contributed by atoms with Gasteiger partial charge in [0.05, 0.1) is 0 Å². The Labute approximate surface area is 86.7 Å². The zero-order valence-electron chi connectivity index (χ0n) is 7.44. The van der Waals surface area contributed by atoms with E-state index in [1.165, 1.54) is 0 Å². The van der Waals surface area contributed by atoms with Gasteiger partial charge >= 0.3 is 18.2 Å². The van der Waals surface area contributed by atoms with Crippen molar-refractivity contribution in [2.45, 2.75) is 18.5 Å². The Bertz CT molecular complexity index is 245. The van der Waals surface area contributed by atoms with Gasteiger partial charge in [0.15, 0.2) is 6.67 Å². The van der Waals surface area contributed by atoms with Crippen LogP contribution in [0.1, 0.15) is 0 Å². The van der Waals surface area contributed by atoms with Crippen molar-refractivity contribution in [1.29, 1.82) is 0 Å². The van der Waals surface area contributed by atoms with E-state index in [4.69, 9.17) is 0 Å². The van der Waals surface area contributed by atoms with Crippen LogP contribution in [0.4, 0.5) is 48.3 Å². The molecule has 0 rings (SSSR count). The zero-order chi connectivity index (χ0) is 14.4. The molecule has 0 amide bonds. The minimum atomic E-state index is -5.76. The minimum absolute atomic E-state index is 2.65. The van der Waals surface area contributed by atoms with Gasteiger partial charge in [0.25, 0.3) is 6.43 Å². The first-order chi connectivity index (χ1) is 7.36. The fourth-order valence-electron chi connectivity index (χ4n) is 0.158. The standard InChI is InChI=1S/C3H2F6.C3HF5/c4-1-2(5,6)3(7,8)9;4-1(2(5)6)3(7)8/h1H2;2H. The van der Waals surface area contributed by atoms with Gasteiger partial charge in [0, 0.05) is 0 Å². The molecule has 17 heavy (non-hydrogen) atoms. The molecule has 0 saturated heterocycles. The molecule has 0 aliphatic heterocycles. The summed E-state index contributed by atoms with van der Waals surface area (Å²) in [6.07, 6.45) is -12.4. The molecule has 0 atom stereocenters. The van der Waals surface area contributed by atoms with Crippen LogP contribution in [0.2, 0.25) is 0 Å². The lowest BCUT2D eigenvalue weighted by Crippen LogP contribution is -2.38. The normalized spacial score (nSPS) is 12.0. The van der Waals surface area contributed by atoms with Gasteiger partial charge in [-0.15, -0.1) is 0 Å². The van der Waals surface area contributed by atoms with Crippen molar-refractivity contribution in [3.8, 4) is 0 Å². The van der Waals surface area contributed by atoms with Gasteiger partial charge in [-0.1, -0.05) is 0 Å². The maximum atomic E-state index is 11.2. The van der Waals surface area contributed by atoms with E-state index in [1.807, 2.05) is 0 Å². The summed E-state index contributed by atoms with van der Waals surface area (Å²) in [6, 6.07) is 0. The van der Waals surface area contributed by atoms with E-state index in [1.54, 1.807) is 0 Å². The van der Waals surface area contributed by atoms with Gasteiger partial charge in [-0.3, -0.25) is 0 Å². The third-order valence-corrected chi connectivity index (χ3v) is 0.955. The molecular formula is C6H3F11. The predicted molar refractivity (Wildman–Crippen MR) is 33.3 cm³/mol. The first-order valence-electron chi connectivity index (χ1n) is 3.36. The van der Waals surface area contributed by atoms with Crippen LogP contribution in [0.25, 0.3) is 0 Å². The SMILES string of the molecule is FC(F)=C(F)C(F)F.FCC(F)(F)C(F)(F)F. The van der Waals surface area contributed by atoms with Gasteiger partial charge in [0.2, 0.25) is 5.83 Å². The highest BCUT2D eigenvalue weighted by molar-refractivity contribution is 4.93. The summed E-state index contributed by atoms with van der Waals surface area (Å²) in [6.45, 7) is -2.70. The topological polar surface area (TPSA) is 0 Å². The molecule has 0 nitrogen and oxygen atoms in total. The molecule has 0 aromatic heterocycles. The third kappa shape index (κ3) is 7.00. The van der Waals surface area contributed by atoms with Gasteiger partial charge in [-0.05, 0) is 0 Å². The minimum Gasteiger partial charge on any atom is -0.244 e. The lowest BCUT2D eigenvalue weighted by molar-refractivity contribution is -0.286. The van der Waals surface area contributed by atoms with Gasteiger partial charge in [-0.2, -0.15) is 35.1 Å². The van der Waals surface area contributed by atoms with E-state index in [2.05, 4.69) is 0 Å². The van der Waals surface area contributed by atoms with Crippen molar-refractivity contribution in [2.75, 3.05) is 6.67 Å². The summed E-state index contributed by atoms with van der Waals surface area (Å²) in [7, 11) is 0. The van der Waals surface area contributed by atoms with Crippen molar-refractivity contribution < 1.29 is 48.3 Å². The van der Waals surface area contributed by atoms with E-state index < -0.39 is 37.1 Å². The van der Waals surface area contributed by atoms with Gasteiger partial charge in [-0.25, -0.2) is 13.2 Å². The maximum absolute atomic E-state index is 11.2. The van der Waals surface area contributed by atoms with Crippen molar-refractivity contribution in [3.63, 3.8) is 0 Å². The molecule has 0 aliphatic carbocycles. The van der Waals surface area contributed by atoms with Crippen LogP contribution >= 0.6 is 0 Å². The Hall–Kier alpha value is -1.03. The zero-order valence-corrected chi connectivity index (χ0v) is 7.44. The second kappa shape index (κ2) is 6.64. The second-order valence-electron chi connectivity index (χ2n) is 2.24. The first-order valence-corrected chi connectivity index (χ1v) is 3.36. The maximum Gasteiger partial charge on any atom is 0.456 e. The number of halogens is 11. The molecule has 0 radical (unpaired) electrons. The van der Waals surface area contributed by atoms with Crippen LogP contribution in [0.5, 0.6) is 0 Å². The van der Waals surface area contributed by atoms with Crippen LogP contribution in [0, 0.1) is 0 Å². The quantitative estimate of drug-likeness (QED) is 0.656. The number of alkyl halides is 8. The highest BCUT2D eigenvalue weighted by atomic mass is 19.4. The van der Waals surface area contributed by atoms with Crippen LogP contribution in [-0.2, 0) is 0 Å². The number of allylic oxidation sites excluding steroid dienone is 1. The molecule has 0 heterocycles. The van der Waals surface area contributed by atoms with Crippen LogP contribution in [0.15, 0.2) is 11.9 Å². The molecule has 104 valence electrons. The molecule has 0 aromatic carbocycles. The van der Waals surface area contributed by atoms with Crippen molar-refractivity contribution in [1.82, 2.24) is 0 Å². The fraction of sp³-hybridized carbons (Fsp3) is 0.667. The number of hydrogen-bond donors (Lipinski definition) is 0. The third-order valence-electron chi connectivity index (χ3n) is 0.955. The van der Waals surface area contributed by atoms with E-state index >= 15 is 0 Å². The Morgan fingerprint density at radius 2 is 1.24 bits per heavy atom. The molecule has 0 N–H and O–H groups in total. The lowest BCUT2D eigenvalue weighted by Gasteiger charge is -2.14. The largest absolute Gasteiger partial charge is 0.456 e. The molecule has 0 saturated carbocycles. The van der Waals surface area contributed by atoms with Crippen molar-refractivity contribution >= 4 is 0 Å². The van der Waals surface area contributed by atoms with E-state index in [9.17, 15) is 48.3 Å². The van der Waals surface area contributed by atoms with Gasteiger partial charge in [0.1, 0.15) is 0 Å². The Balaban J connectivity index is 0. The average Bonchev–Trinajstić information content (AvgIpc) is 2.15. The molecule has 0 spiro atoms. The monoisotopic (exact) mass is 284 g/mol. The van der Waals surface area contributed by atoms with Gasteiger partial charge < -0.3 is 0 Å². The van der Waals surface area contributed by atoms with Crippen molar-refractivity contribution in [2.24, 2.45) is 0 Å². The molecule has 11 heteroatoms.